The van der Waals surface area contributed by atoms with Crippen molar-refractivity contribution < 1.29 is 43.2 Å². The molecule has 9 nitrogen and oxygen atoms in total. The van der Waals surface area contributed by atoms with Crippen LogP contribution in [-0.2, 0) is 11.2 Å². The van der Waals surface area contributed by atoms with Crippen LogP contribution in [0, 0.1) is 0 Å². The first-order valence-corrected chi connectivity index (χ1v) is 13.7. The zero-order valence-electron chi connectivity index (χ0n) is 24.8. The molecule has 0 radical (unpaired) electrons. The van der Waals surface area contributed by atoms with E-state index in [1.54, 1.807) is 42.5 Å². The average Bonchev–Trinajstić information content (AvgIpc) is 3.43. The number of Topliss-reactive ketones (excluding diaryl/α,β-unsaturated/α-hetero) is 1. The minimum atomic E-state index is -1.46. The molecule has 0 bridgehead atoms. The number of likely N-dealkylation sites (N-methyl/N-ethyl adjacent to an activating group) is 1. The SMILES string of the molecule is CCCOc1cccc(C/C(C(=O)c2ccc(OC)cc2)=C(/C(=O)[O-])c2ccc3c(c2)OCO3)c1.C[N+](C)(C)CCO. The van der Waals surface area contributed by atoms with Gasteiger partial charge in [-0.3, -0.25) is 4.79 Å². The fourth-order valence-electron chi connectivity index (χ4n) is 4.14. The Morgan fingerprint density at radius 3 is 2.21 bits per heavy atom. The van der Waals surface area contributed by atoms with Crippen LogP contribution in [0.15, 0.2) is 72.3 Å². The van der Waals surface area contributed by atoms with E-state index in [1.807, 2.05) is 31.2 Å². The van der Waals surface area contributed by atoms with Gasteiger partial charge in [0, 0.05) is 23.1 Å². The number of hydrogen-bond acceptors (Lipinski definition) is 8. The highest BCUT2D eigenvalue weighted by Crippen LogP contribution is 2.36. The Bertz CT molecular complexity index is 1390. The topological polar surface area (TPSA) is 114 Å². The zero-order valence-corrected chi connectivity index (χ0v) is 24.8. The van der Waals surface area contributed by atoms with Gasteiger partial charge in [0.05, 0.1) is 47.4 Å². The molecule has 42 heavy (non-hydrogen) atoms. The van der Waals surface area contributed by atoms with Crippen molar-refractivity contribution in [3.8, 4) is 23.0 Å². The highest BCUT2D eigenvalue weighted by atomic mass is 16.7. The van der Waals surface area contributed by atoms with E-state index < -0.39 is 11.8 Å². The number of carbonyl (C=O) groups is 2. The smallest absolute Gasteiger partial charge is 0.231 e. The fraction of sp³-hybridized carbons (Fsp3) is 0.333. The number of ether oxygens (including phenoxy) is 4. The summed E-state index contributed by atoms with van der Waals surface area (Å²) in [5.74, 6) is 0.272. The number of carbonyl (C=O) groups excluding carboxylic acids is 2. The summed E-state index contributed by atoms with van der Waals surface area (Å²) in [4.78, 5) is 26.1. The molecule has 3 aromatic rings. The Balaban J connectivity index is 0.000000616. The van der Waals surface area contributed by atoms with Gasteiger partial charge in [0.15, 0.2) is 17.3 Å². The predicted octanol–water partition coefficient (Wildman–Crippen LogP) is 3.53. The molecule has 1 aliphatic heterocycles. The van der Waals surface area contributed by atoms with Gasteiger partial charge in [0.25, 0.3) is 0 Å². The quantitative estimate of drug-likeness (QED) is 0.198. The lowest BCUT2D eigenvalue weighted by molar-refractivity contribution is -0.870. The van der Waals surface area contributed by atoms with Crippen molar-refractivity contribution >= 4 is 17.3 Å². The average molecular weight is 578 g/mol. The second kappa shape index (κ2) is 15.0. The van der Waals surface area contributed by atoms with Gasteiger partial charge in [-0.25, -0.2) is 0 Å². The van der Waals surface area contributed by atoms with E-state index in [4.69, 9.17) is 24.1 Å². The number of carboxylic acids is 1. The zero-order chi connectivity index (χ0) is 30.7. The van der Waals surface area contributed by atoms with Crippen LogP contribution in [-0.4, -0.2) is 76.1 Å². The third-order valence-electron chi connectivity index (χ3n) is 6.32. The minimum absolute atomic E-state index is 0.0470. The molecular formula is C33H39NO8. The largest absolute Gasteiger partial charge is 0.545 e. The normalized spacial score (nSPS) is 12.5. The number of methoxy groups -OCH3 is 1. The summed E-state index contributed by atoms with van der Waals surface area (Å²) in [5, 5.41) is 20.8. The number of fused-ring (bicyclic) bond motifs is 1. The lowest BCUT2D eigenvalue weighted by Gasteiger charge is -2.21. The number of rotatable bonds is 12. The van der Waals surface area contributed by atoms with Gasteiger partial charge in [0.2, 0.25) is 6.79 Å². The summed E-state index contributed by atoms with van der Waals surface area (Å²) in [6.45, 7) is 3.73. The lowest BCUT2D eigenvalue weighted by atomic mass is 9.89. The number of carboxylic acid groups (broad SMARTS) is 1. The highest BCUT2D eigenvalue weighted by molar-refractivity contribution is 6.25. The maximum atomic E-state index is 13.7. The molecular weight excluding hydrogens is 538 g/mol. The molecule has 0 fully saturated rings. The molecule has 0 amide bonds. The van der Waals surface area contributed by atoms with E-state index in [2.05, 4.69) is 21.1 Å². The monoisotopic (exact) mass is 577 g/mol. The third kappa shape index (κ3) is 9.09. The van der Waals surface area contributed by atoms with Crippen LogP contribution in [0.5, 0.6) is 23.0 Å². The van der Waals surface area contributed by atoms with Crippen LogP contribution in [0.2, 0.25) is 0 Å². The van der Waals surface area contributed by atoms with E-state index in [-0.39, 0.29) is 31.0 Å². The number of hydrogen-bond donors (Lipinski definition) is 1. The molecule has 3 aromatic carbocycles. The minimum Gasteiger partial charge on any atom is -0.545 e. The molecule has 0 atom stereocenters. The van der Waals surface area contributed by atoms with E-state index in [0.29, 0.717) is 40.7 Å². The molecule has 0 spiro atoms. The third-order valence-corrected chi connectivity index (χ3v) is 6.32. The van der Waals surface area contributed by atoms with Crippen molar-refractivity contribution in [1.82, 2.24) is 0 Å². The number of quaternary nitrogens is 1. The number of benzene rings is 3. The molecule has 4 rings (SSSR count). The number of ketones is 1. The Hall–Kier alpha value is -4.34. The Morgan fingerprint density at radius 2 is 1.62 bits per heavy atom. The van der Waals surface area contributed by atoms with Crippen LogP contribution in [0.4, 0.5) is 0 Å². The van der Waals surface area contributed by atoms with Crippen LogP contribution in [0.3, 0.4) is 0 Å². The van der Waals surface area contributed by atoms with Crippen molar-refractivity contribution in [1.29, 1.82) is 0 Å². The van der Waals surface area contributed by atoms with Gasteiger partial charge < -0.3 is 38.4 Å². The summed E-state index contributed by atoms with van der Waals surface area (Å²) in [5.41, 5.74) is 1.24. The van der Waals surface area contributed by atoms with E-state index in [1.165, 1.54) is 7.11 Å². The lowest BCUT2D eigenvalue weighted by Crippen LogP contribution is -2.36. The summed E-state index contributed by atoms with van der Waals surface area (Å²) in [6.07, 6.45) is 0.913. The van der Waals surface area contributed by atoms with Crippen LogP contribution in [0.1, 0.15) is 34.8 Å². The predicted molar refractivity (Wildman–Crippen MR) is 158 cm³/mol. The second-order valence-electron chi connectivity index (χ2n) is 10.7. The maximum absolute atomic E-state index is 13.7. The molecule has 1 aliphatic rings. The molecule has 0 aromatic heterocycles. The standard InChI is InChI=1S/C28H26O7.C5H14NO/c1-3-13-33-22-6-4-5-18(14-22)15-23(27(29)19-7-10-21(32-2)11-8-19)26(28(30)31)20-9-12-24-25(16-20)35-17-34-24;1-6(2,3)4-5-7/h4-12,14,16H,3,13,15,17H2,1-2H3,(H,30,31);7H,4-5H2,1-3H3/q;+1/p-1/b26-23-;. The van der Waals surface area contributed by atoms with Crippen LogP contribution < -0.4 is 24.1 Å². The van der Waals surface area contributed by atoms with Gasteiger partial charge >= 0.3 is 0 Å². The fourth-order valence-corrected chi connectivity index (χ4v) is 4.14. The van der Waals surface area contributed by atoms with Crippen molar-refractivity contribution in [3.63, 3.8) is 0 Å². The van der Waals surface area contributed by atoms with Crippen molar-refractivity contribution in [3.05, 3.63) is 89.0 Å². The van der Waals surface area contributed by atoms with Gasteiger partial charge in [-0.2, -0.15) is 0 Å². The summed E-state index contributed by atoms with van der Waals surface area (Å²) in [6, 6.07) is 18.6. The number of nitrogens with zero attached hydrogens (tertiary/aromatic N) is 1. The van der Waals surface area contributed by atoms with E-state index in [0.717, 1.165) is 23.0 Å². The van der Waals surface area contributed by atoms with Crippen LogP contribution >= 0.6 is 0 Å². The summed E-state index contributed by atoms with van der Waals surface area (Å²) < 4.78 is 22.5. The molecule has 9 heteroatoms. The van der Waals surface area contributed by atoms with Crippen molar-refractivity contribution in [2.45, 2.75) is 19.8 Å². The first-order valence-electron chi connectivity index (χ1n) is 13.7. The highest BCUT2D eigenvalue weighted by Gasteiger charge is 2.23. The number of aliphatic hydroxyl groups excluding tert-OH is 1. The van der Waals surface area contributed by atoms with E-state index in [9.17, 15) is 14.7 Å². The molecule has 0 unspecified atom stereocenters. The summed E-state index contributed by atoms with van der Waals surface area (Å²) >= 11 is 0. The number of aliphatic carboxylic acids is 1. The molecule has 224 valence electrons. The Labute approximate surface area is 247 Å². The number of allylic oxidation sites excluding steroid dienone is 1. The molecule has 0 aliphatic carbocycles. The summed E-state index contributed by atoms with van der Waals surface area (Å²) in [7, 11) is 7.69. The molecule has 1 heterocycles. The van der Waals surface area contributed by atoms with Gasteiger partial charge in [-0.15, -0.1) is 0 Å². The Kier molecular flexibility index (Phi) is 11.5. The van der Waals surface area contributed by atoms with Crippen molar-refractivity contribution in [2.24, 2.45) is 0 Å². The van der Waals surface area contributed by atoms with Gasteiger partial charge in [-0.1, -0.05) is 25.1 Å². The molecule has 0 saturated carbocycles. The Morgan fingerprint density at radius 1 is 0.929 bits per heavy atom. The van der Waals surface area contributed by atoms with Crippen molar-refractivity contribution in [2.75, 3.05) is 54.8 Å². The van der Waals surface area contributed by atoms with Gasteiger partial charge in [0.1, 0.15) is 18.0 Å². The molecule has 0 saturated heterocycles. The second-order valence-corrected chi connectivity index (χ2v) is 10.7. The van der Waals surface area contributed by atoms with Gasteiger partial charge in [-0.05, 0) is 66.1 Å². The van der Waals surface area contributed by atoms with E-state index >= 15 is 0 Å². The number of aliphatic hydroxyl groups is 1. The first-order chi connectivity index (χ1) is 20.1. The molecule has 1 N–H and O–H groups in total. The first kappa shape index (κ1) is 32.2. The van der Waals surface area contributed by atoms with Crippen LogP contribution in [0.25, 0.3) is 5.57 Å². The maximum Gasteiger partial charge on any atom is 0.231 e.